The SMILES string of the molecule is Cc1ccc2cc(C(=O)Cl)ccc2c1C(=O)O. The molecule has 2 rings (SSSR count). The maximum Gasteiger partial charge on any atom is 0.336 e. The van der Waals surface area contributed by atoms with Crippen molar-refractivity contribution in [3.8, 4) is 0 Å². The Labute approximate surface area is 103 Å². The van der Waals surface area contributed by atoms with Gasteiger partial charge in [0.1, 0.15) is 0 Å². The van der Waals surface area contributed by atoms with Gasteiger partial charge in [0.05, 0.1) is 5.56 Å². The number of carbonyl (C=O) groups is 2. The van der Waals surface area contributed by atoms with E-state index in [1.165, 1.54) is 6.07 Å². The number of fused-ring (bicyclic) bond motifs is 1. The molecule has 0 fully saturated rings. The summed E-state index contributed by atoms with van der Waals surface area (Å²) >= 11 is 5.38. The molecule has 2 aromatic carbocycles. The van der Waals surface area contributed by atoms with E-state index in [0.29, 0.717) is 21.9 Å². The third kappa shape index (κ3) is 2.01. The van der Waals surface area contributed by atoms with Crippen LogP contribution in [0.15, 0.2) is 30.3 Å². The van der Waals surface area contributed by atoms with Crippen LogP contribution in [0.2, 0.25) is 0 Å². The van der Waals surface area contributed by atoms with E-state index in [-0.39, 0.29) is 5.56 Å². The van der Waals surface area contributed by atoms with Gasteiger partial charge in [0.25, 0.3) is 5.24 Å². The van der Waals surface area contributed by atoms with Gasteiger partial charge in [-0.2, -0.15) is 0 Å². The molecule has 0 spiro atoms. The summed E-state index contributed by atoms with van der Waals surface area (Å²) in [5, 5.41) is 9.90. The topological polar surface area (TPSA) is 54.4 Å². The predicted molar refractivity (Wildman–Crippen MR) is 65.8 cm³/mol. The zero-order valence-corrected chi connectivity index (χ0v) is 9.78. The monoisotopic (exact) mass is 248 g/mol. The molecule has 0 unspecified atom stereocenters. The minimum absolute atomic E-state index is 0.260. The first-order valence-corrected chi connectivity index (χ1v) is 5.35. The molecule has 17 heavy (non-hydrogen) atoms. The van der Waals surface area contributed by atoms with Crippen molar-refractivity contribution in [3.05, 3.63) is 47.0 Å². The van der Waals surface area contributed by atoms with Crippen molar-refractivity contribution >= 4 is 33.6 Å². The van der Waals surface area contributed by atoms with Crippen molar-refractivity contribution in [2.45, 2.75) is 6.92 Å². The van der Waals surface area contributed by atoms with Gasteiger partial charge in [0.15, 0.2) is 0 Å². The largest absolute Gasteiger partial charge is 0.478 e. The summed E-state index contributed by atoms with van der Waals surface area (Å²) in [5.41, 5.74) is 1.31. The third-order valence-corrected chi connectivity index (χ3v) is 2.89. The lowest BCUT2D eigenvalue weighted by Gasteiger charge is -2.06. The molecule has 0 heterocycles. The Kier molecular flexibility index (Phi) is 2.86. The van der Waals surface area contributed by atoms with Crippen LogP contribution in [0, 0.1) is 6.92 Å². The number of benzene rings is 2. The van der Waals surface area contributed by atoms with Crippen molar-refractivity contribution < 1.29 is 14.7 Å². The minimum atomic E-state index is -0.974. The summed E-state index contributed by atoms with van der Waals surface area (Å²) in [6.45, 7) is 1.74. The summed E-state index contributed by atoms with van der Waals surface area (Å²) in [4.78, 5) is 22.2. The van der Waals surface area contributed by atoms with Gasteiger partial charge in [0, 0.05) is 5.56 Å². The molecule has 1 N–H and O–H groups in total. The standard InChI is InChI=1S/C13H9ClO3/c1-7-2-3-8-6-9(12(14)15)4-5-10(8)11(7)13(16)17/h2-6H,1H3,(H,16,17). The van der Waals surface area contributed by atoms with E-state index in [4.69, 9.17) is 16.7 Å². The number of hydrogen-bond donors (Lipinski definition) is 1. The fraction of sp³-hybridized carbons (Fsp3) is 0.0769. The van der Waals surface area contributed by atoms with E-state index in [2.05, 4.69) is 0 Å². The molecule has 3 nitrogen and oxygen atoms in total. The van der Waals surface area contributed by atoms with Crippen molar-refractivity contribution in [2.24, 2.45) is 0 Å². The highest BCUT2D eigenvalue weighted by atomic mass is 35.5. The third-order valence-electron chi connectivity index (χ3n) is 2.67. The van der Waals surface area contributed by atoms with Crippen LogP contribution >= 0.6 is 11.6 Å². The smallest absolute Gasteiger partial charge is 0.336 e. The molecule has 0 atom stereocenters. The Morgan fingerprint density at radius 3 is 2.47 bits per heavy atom. The molecular formula is C13H9ClO3. The first-order valence-electron chi connectivity index (χ1n) is 4.97. The number of hydrogen-bond acceptors (Lipinski definition) is 2. The number of halogens is 1. The fourth-order valence-electron chi connectivity index (χ4n) is 1.84. The highest BCUT2D eigenvalue weighted by molar-refractivity contribution is 6.67. The van der Waals surface area contributed by atoms with E-state index in [1.54, 1.807) is 31.2 Å². The van der Waals surface area contributed by atoms with E-state index in [9.17, 15) is 9.59 Å². The summed E-state index contributed by atoms with van der Waals surface area (Å²) in [5.74, 6) is -0.974. The van der Waals surface area contributed by atoms with Crippen LogP contribution in [0.1, 0.15) is 26.3 Å². The molecule has 0 amide bonds. The lowest BCUT2D eigenvalue weighted by molar-refractivity contribution is 0.0698. The Bertz CT molecular complexity index is 632. The van der Waals surface area contributed by atoms with Crippen molar-refractivity contribution in [2.75, 3.05) is 0 Å². The average Bonchev–Trinajstić information content (AvgIpc) is 2.27. The number of carboxylic acid groups (broad SMARTS) is 1. The Morgan fingerprint density at radius 2 is 1.88 bits per heavy atom. The first kappa shape index (κ1) is 11.6. The summed E-state index contributed by atoms with van der Waals surface area (Å²) in [6, 6.07) is 8.23. The van der Waals surface area contributed by atoms with Crippen LogP contribution in [0.25, 0.3) is 10.8 Å². The number of carboxylic acids is 1. The number of carbonyl (C=O) groups excluding carboxylic acids is 1. The fourth-order valence-corrected chi connectivity index (χ4v) is 1.96. The molecule has 0 aromatic heterocycles. The summed E-state index contributed by atoms with van der Waals surface area (Å²) in [7, 11) is 0. The highest BCUT2D eigenvalue weighted by Crippen LogP contribution is 2.24. The Hall–Kier alpha value is -1.87. The molecule has 0 saturated carbocycles. The number of rotatable bonds is 2. The lowest BCUT2D eigenvalue weighted by Crippen LogP contribution is -2.01. The van der Waals surface area contributed by atoms with Gasteiger partial charge in [-0.05, 0) is 47.0 Å². The zero-order chi connectivity index (χ0) is 12.6. The molecule has 0 bridgehead atoms. The van der Waals surface area contributed by atoms with Crippen molar-refractivity contribution in [1.29, 1.82) is 0 Å². The van der Waals surface area contributed by atoms with Crippen LogP contribution in [0.5, 0.6) is 0 Å². The van der Waals surface area contributed by atoms with E-state index in [0.717, 1.165) is 0 Å². The van der Waals surface area contributed by atoms with E-state index in [1.807, 2.05) is 0 Å². The van der Waals surface area contributed by atoms with Gasteiger partial charge in [-0.25, -0.2) is 4.79 Å². The molecule has 0 aliphatic heterocycles. The maximum absolute atomic E-state index is 11.2. The van der Waals surface area contributed by atoms with E-state index >= 15 is 0 Å². The zero-order valence-electron chi connectivity index (χ0n) is 9.03. The Balaban J connectivity index is 2.79. The van der Waals surface area contributed by atoms with Crippen LogP contribution in [0.4, 0.5) is 0 Å². The molecule has 0 aliphatic carbocycles. The second-order valence-electron chi connectivity index (χ2n) is 3.77. The second kappa shape index (κ2) is 4.18. The van der Waals surface area contributed by atoms with Gasteiger partial charge in [-0.1, -0.05) is 18.2 Å². The second-order valence-corrected chi connectivity index (χ2v) is 4.12. The van der Waals surface area contributed by atoms with Gasteiger partial charge in [-0.3, -0.25) is 4.79 Å². The van der Waals surface area contributed by atoms with Crippen LogP contribution in [-0.4, -0.2) is 16.3 Å². The van der Waals surface area contributed by atoms with Crippen LogP contribution in [-0.2, 0) is 0 Å². The molecule has 0 radical (unpaired) electrons. The minimum Gasteiger partial charge on any atom is -0.478 e. The highest BCUT2D eigenvalue weighted by Gasteiger charge is 2.12. The Morgan fingerprint density at radius 1 is 1.18 bits per heavy atom. The van der Waals surface area contributed by atoms with Crippen LogP contribution < -0.4 is 0 Å². The van der Waals surface area contributed by atoms with Gasteiger partial charge in [-0.15, -0.1) is 0 Å². The normalized spacial score (nSPS) is 10.5. The lowest BCUT2D eigenvalue weighted by atomic mass is 9.98. The van der Waals surface area contributed by atoms with Gasteiger partial charge < -0.3 is 5.11 Å². The van der Waals surface area contributed by atoms with E-state index < -0.39 is 11.2 Å². The summed E-state index contributed by atoms with van der Waals surface area (Å²) < 4.78 is 0. The molecule has 86 valence electrons. The average molecular weight is 249 g/mol. The predicted octanol–water partition coefficient (Wildman–Crippen LogP) is 3.23. The molecule has 0 saturated heterocycles. The molecule has 2 aromatic rings. The summed E-state index contributed by atoms with van der Waals surface area (Å²) in [6.07, 6.45) is 0. The van der Waals surface area contributed by atoms with Gasteiger partial charge in [0.2, 0.25) is 0 Å². The van der Waals surface area contributed by atoms with Crippen molar-refractivity contribution in [3.63, 3.8) is 0 Å². The van der Waals surface area contributed by atoms with Crippen LogP contribution in [0.3, 0.4) is 0 Å². The van der Waals surface area contributed by atoms with Crippen molar-refractivity contribution in [1.82, 2.24) is 0 Å². The molecule has 4 heteroatoms. The number of aromatic carboxylic acids is 1. The maximum atomic E-state index is 11.2. The first-order chi connectivity index (χ1) is 8.00. The molecular weight excluding hydrogens is 240 g/mol. The molecule has 0 aliphatic rings. The number of aryl methyl sites for hydroxylation is 1. The van der Waals surface area contributed by atoms with Gasteiger partial charge >= 0.3 is 5.97 Å². The quantitative estimate of drug-likeness (QED) is 0.830.